The average Bonchev–Trinajstić information content (AvgIpc) is 3.31. The van der Waals surface area contributed by atoms with Crippen molar-refractivity contribution in [2.45, 2.75) is 38.0 Å². The molecule has 0 aliphatic heterocycles. The van der Waals surface area contributed by atoms with Gasteiger partial charge in [-0.1, -0.05) is 31.5 Å². The molecule has 8 heteroatoms. The summed E-state index contributed by atoms with van der Waals surface area (Å²) in [5.74, 6) is 0.103. The lowest BCUT2D eigenvalue weighted by atomic mass is 10.1. The number of aryl methyl sites for hydroxylation is 2. The van der Waals surface area contributed by atoms with Crippen molar-refractivity contribution in [3.8, 4) is 5.75 Å². The number of fused-ring (bicyclic) bond motifs is 1. The first kappa shape index (κ1) is 25.7. The quantitative estimate of drug-likeness (QED) is 0.267. The second kappa shape index (κ2) is 10.7. The van der Waals surface area contributed by atoms with Gasteiger partial charge in [-0.25, -0.2) is 8.42 Å². The van der Waals surface area contributed by atoms with E-state index in [0.717, 1.165) is 40.6 Å². The van der Waals surface area contributed by atoms with Crippen LogP contribution in [0.25, 0.3) is 10.1 Å². The highest BCUT2D eigenvalue weighted by Gasteiger charge is 2.26. The monoisotopic (exact) mass is 522 g/mol. The topological polar surface area (TPSA) is 75.7 Å². The number of thiophene rings is 1. The molecule has 1 amide bonds. The summed E-state index contributed by atoms with van der Waals surface area (Å²) in [6, 6.07) is 20.2. The van der Waals surface area contributed by atoms with Crippen molar-refractivity contribution in [2.24, 2.45) is 0 Å². The largest absolute Gasteiger partial charge is 0.495 e. The van der Waals surface area contributed by atoms with E-state index in [-0.39, 0.29) is 10.8 Å². The molecule has 0 aliphatic carbocycles. The van der Waals surface area contributed by atoms with Crippen LogP contribution in [-0.4, -0.2) is 28.5 Å². The number of benzene rings is 3. The number of sulfonamides is 1. The molecular formula is C28H30N2O4S2. The number of nitrogens with zero attached hydrogens (tertiary/aromatic N) is 1. The molecule has 0 fully saturated rings. The van der Waals surface area contributed by atoms with Crippen LogP contribution in [0, 0.1) is 6.92 Å². The molecule has 0 saturated carbocycles. The zero-order chi connectivity index (χ0) is 25.9. The molecule has 4 aromatic rings. The van der Waals surface area contributed by atoms with Crippen molar-refractivity contribution in [2.75, 3.05) is 23.8 Å². The van der Waals surface area contributed by atoms with Crippen LogP contribution >= 0.6 is 11.3 Å². The predicted molar refractivity (Wildman–Crippen MR) is 148 cm³/mol. The van der Waals surface area contributed by atoms with E-state index in [1.165, 1.54) is 35.4 Å². The fourth-order valence-electron chi connectivity index (χ4n) is 3.94. The van der Waals surface area contributed by atoms with Crippen LogP contribution in [0.15, 0.2) is 71.6 Å². The Labute approximate surface area is 216 Å². The number of carbonyl (C=O) groups is 1. The molecule has 1 N–H and O–H groups in total. The average molecular weight is 523 g/mol. The van der Waals surface area contributed by atoms with Crippen LogP contribution in [0.2, 0.25) is 0 Å². The van der Waals surface area contributed by atoms with E-state index in [1.54, 1.807) is 30.3 Å². The lowest BCUT2D eigenvalue weighted by Gasteiger charge is -2.21. The van der Waals surface area contributed by atoms with E-state index >= 15 is 0 Å². The Balaban J connectivity index is 1.56. The standard InChI is InChI=1S/C28H30N2O4S2/c1-5-6-7-20-9-11-22(12-10-20)29-28(31)26-18-21-17-23(13-15-25(21)35-26)30(3)36(32,33)27-16-19(2)8-14-24(27)34-4/h8-18H,5-7H2,1-4H3,(H,29,31). The fraction of sp³-hybridized carbons (Fsp3) is 0.250. The third-order valence-electron chi connectivity index (χ3n) is 6.08. The van der Waals surface area contributed by atoms with E-state index in [1.807, 2.05) is 43.3 Å². The summed E-state index contributed by atoms with van der Waals surface area (Å²) in [6.07, 6.45) is 3.32. The fourth-order valence-corrected chi connectivity index (χ4v) is 6.30. The van der Waals surface area contributed by atoms with Crippen molar-refractivity contribution >= 4 is 48.7 Å². The summed E-state index contributed by atoms with van der Waals surface area (Å²) >= 11 is 1.37. The van der Waals surface area contributed by atoms with E-state index in [4.69, 9.17) is 4.74 Å². The van der Waals surface area contributed by atoms with E-state index in [0.29, 0.717) is 16.3 Å². The highest BCUT2D eigenvalue weighted by atomic mass is 32.2. The van der Waals surface area contributed by atoms with Crippen molar-refractivity contribution in [1.29, 1.82) is 0 Å². The minimum Gasteiger partial charge on any atom is -0.495 e. The molecular weight excluding hydrogens is 492 g/mol. The number of unbranched alkanes of at least 4 members (excludes halogenated alkanes) is 1. The highest BCUT2D eigenvalue weighted by Crippen LogP contribution is 2.34. The smallest absolute Gasteiger partial charge is 0.267 e. The molecule has 0 saturated heterocycles. The van der Waals surface area contributed by atoms with E-state index in [2.05, 4.69) is 12.2 Å². The lowest BCUT2D eigenvalue weighted by molar-refractivity contribution is 0.103. The normalized spacial score (nSPS) is 11.4. The molecule has 0 radical (unpaired) electrons. The first-order valence-corrected chi connectivity index (χ1v) is 14.1. The van der Waals surface area contributed by atoms with Gasteiger partial charge in [0.2, 0.25) is 0 Å². The summed E-state index contributed by atoms with van der Waals surface area (Å²) in [4.78, 5) is 13.6. The predicted octanol–water partition coefficient (Wildman–Crippen LogP) is 6.64. The second-order valence-electron chi connectivity index (χ2n) is 8.71. The Kier molecular flexibility index (Phi) is 7.66. The van der Waals surface area contributed by atoms with Crippen LogP contribution in [0.5, 0.6) is 5.75 Å². The van der Waals surface area contributed by atoms with Gasteiger partial charge in [-0.05, 0) is 84.8 Å². The molecule has 0 aliphatic rings. The van der Waals surface area contributed by atoms with Crippen molar-refractivity contribution in [1.82, 2.24) is 0 Å². The molecule has 0 unspecified atom stereocenters. The summed E-state index contributed by atoms with van der Waals surface area (Å²) in [5.41, 5.74) is 3.32. The maximum atomic E-state index is 13.4. The Bertz CT molecular complexity index is 1490. The molecule has 1 aromatic heterocycles. The summed E-state index contributed by atoms with van der Waals surface area (Å²) < 4.78 is 34.2. The molecule has 3 aromatic carbocycles. The molecule has 188 valence electrons. The SMILES string of the molecule is CCCCc1ccc(NC(=O)c2cc3cc(N(C)S(=O)(=O)c4cc(C)ccc4OC)ccc3s2)cc1. The number of anilines is 2. The second-order valence-corrected chi connectivity index (χ2v) is 11.7. The summed E-state index contributed by atoms with van der Waals surface area (Å²) in [7, 11) is -0.884. The Morgan fingerprint density at radius 2 is 1.78 bits per heavy atom. The minimum absolute atomic E-state index is 0.110. The number of hydrogen-bond acceptors (Lipinski definition) is 5. The third kappa shape index (κ3) is 5.39. The number of nitrogens with one attached hydrogen (secondary N) is 1. The van der Waals surface area contributed by atoms with E-state index in [9.17, 15) is 13.2 Å². The Morgan fingerprint density at radius 1 is 1.03 bits per heavy atom. The van der Waals surface area contributed by atoms with Gasteiger partial charge in [0, 0.05) is 17.4 Å². The van der Waals surface area contributed by atoms with Gasteiger partial charge in [-0.3, -0.25) is 9.10 Å². The molecule has 6 nitrogen and oxygen atoms in total. The lowest BCUT2D eigenvalue weighted by Crippen LogP contribution is -2.27. The number of amides is 1. The van der Waals surface area contributed by atoms with E-state index < -0.39 is 10.0 Å². The van der Waals surface area contributed by atoms with Gasteiger partial charge in [0.05, 0.1) is 17.7 Å². The molecule has 0 atom stereocenters. The van der Waals surface area contributed by atoms with Gasteiger partial charge >= 0.3 is 0 Å². The molecule has 0 spiro atoms. The number of methoxy groups -OCH3 is 1. The maximum Gasteiger partial charge on any atom is 0.267 e. The van der Waals surface area contributed by atoms with Gasteiger partial charge < -0.3 is 10.1 Å². The summed E-state index contributed by atoms with van der Waals surface area (Å²) in [6.45, 7) is 4.00. The maximum absolute atomic E-state index is 13.4. The summed E-state index contributed by atoms with van der Waals surface area (Å²) in [5, 5.41) is 3.76. The van der Waals surface area contributed by atoms with Gasteiger partial charge in [0.25, 0.3) is 15.9 Å². The molecule has 0 bridgehead atoms. The molecule has 1 heterocycles. The zero-order valence-corrected chi connectivity index (χ0v) is 22.5. The van der Waals surface area contributed by atoms with Crippen molar-refractivity contribution < 1.29 is 17.9 Å². The highest BCUT2D eigenvalue weighted by molar-refractivity contribution is 7.93. The number of carbonyl (C=O) groups excluding carboxylic acids is 1. The number of hydrogen-bond donors (Lipinski definition) is 1. The van der Waals surface area contributed by atoms with Crippen LogP contribution in [0.1, 0.15) is 40.6 Å². The minimum atomic E-state index is -3.85. The van der Waals surface area contributed by atoms with Crippen LogP contribution in [0.3, 0.4) is 0 Å². The molecule has 4 rings (SSSR count). The van der Waals surface area contributed by atoms with Crippen LogP contribution in [0.4, 0.5) is 11.4 Å². The Morgan fingerprint density at radius 3 is 2.47 bits per heavy atom. The first-order valence-electron chi connectivity index (χ1n) is 11.8. The van der Waals surface area contributed by atoms with Crippen molar-refractivity contribution in [3.63, 3.8) is 0 Å². The number of rotatable bonds is 9. The van der Waals surface area contributed by atoms with Gasteiger partial charge in [-0.2, -0.15) is 0 Å². The van der Waals surface area contributed by atoms with Gasteiger partial charge in [-0.15, -0.1) is 11.3 Å². The Hall–Kier alpha value is -3.36. The number of ether oxygens (including phenoxy) is 1. The zero-order valence-electron chi connectivity index (χ0n) is 20.9. The third-order valence-corrected chi connectivity index (χ3v) is 9.00. The van der Waals surface area contributed by atoms with Gasteiger partial charge in [0.15, 0.2) is 0 Å². The van der Waals surface area contributed by atoms with Crippen LogP contribution < -0.4 is 14.4 Å². The van der Waals surface area contributed by atoms with Crippen LogP contribution in [-0.2, 0) is 16.4 Å². The van der Waals surface area contributed by atoms with Crippen molar-refractivity contribution in [3.05, 3.63) is 82.7 Å². The van der Waals surface area contributed by atoms with Gasteiger partial charge in [0.1, 0.15) is 10.6 Å². The first-order chi connectivity index (χ1) is 17.2. The molecule has 36 heavy (non-hydrogen) atoms.